The van der Waals surface area contributed by atoms with Gasteiger partial charge in [0, 0.05) is 18.6 Å². The van der Waals surface area contributed by atoms with Gasteiger partial charge in [-0.3, -0.25) is 4.79 Å². The first-order valence-electron chi connectivity index (χ1n) is 5.87. The summed E-state index contributed by atoms with van der Waals surface area (Å²) >= 11 is 0. The van der Waals surface area contributed by atoms with Gasteiger partial charge in [0.25, 0.3) is 0 Å². The van der Waals surface area contributed by atoms with Crippen LogP contribution in [0.25, 0.3) is 0 Å². The van der Waals surface area contributed by atoms with E-state index in [-0.39, 0.29) is 24.7 Å². The number of hydrogen-bond donors (Lipinski definition) is 1. The van der Waals surface area contributed by atoms with Crippen LogP contribution >= 0.6 is 0 Å². The molecule has 15 heavy (non-hydrogen) atoms. The molecule has 2 fully saturated rings. The van der Waals surface area contributed by atoms with Gasteiger partial charge in [0.1, 0.15) is 6.61 Å². The highest BCUT2D eigenvalue weighted by Crippen LogP contribution is 2.27. The van der Waals surface area contributed by atoms with Crippen molar-refractivity contribution in [3.05, 3.63) is 0 Å². The van der Waals surface area contributed by atoms with Crippen molar-refractivity contribution in [1.29, 1.82) is 0 Å². The monoisotopic (exact) mass is 212 g/mol. The number of nitrogens with zero attached hydrogens (tertiary/aromatic N) is 1. The molecular weight excluding hydrogens is 192 g/mol. The highest BCUT2D eigenvalue weighted by atomic mass is 16.5. The van der Waals surface area contributed by atoms with Crippen LogP contribution in [-0.2, 0) is 9.53 Å². The Morgan fingerprint density at radius 3 is 2.60 bits per heavy atom. The van der Waals surface area contributed by atoms with Crippen LogP contribution in [0.1, 0.15) is 32.6 Å². The van der Waals surface area contributed by atoms with Crippen molar-refractivity contribution >= 4 is 5.91 Å². The van der Waals surface area contributed by atoms with E-state index >= 15 is 0 Å². The summed E-state index contributed by atoms with van der Waals surface area (Å²) in [6.45, 7) is 3.06. The molecule has 2 saturated carbocycles. The van der Waals surface area contributed by atoms with Crippen molar-refractivity contribution < 1.29 is 9.53 Å². The summed E-state index contributed by atoms with van der Waals surface area (Å²) in [4.78, 5) is 13.7. The summed E-state index contributed by atoms with van der Waals surface area (Å²) in [6, 6.07) is 0.783. The molecule has 86 valence electrons. The molecule has 0 aliphatic heterocycles. The maximum Gasteiger partial charge on any atom is 0.248 e. The Morgan fingerprint density at radius 1 is 1.47 bits per heavy atom. The topological polar surface area (TPSA) is 55.6 Å². The quantitative estimate of drug-likeness (QED) is 0.722. The molecular formula is C11H20N2O2. The van der Waals surface area contributed by atoms with E-state index < -0.39 is 0 Å². The van der Waals surface area contributed by atoms with Crippen molar-refractivity contribution in [2.24, 2.45) is 5.73 Å². The third kappa shape index (κ3) is 2.69. The fourth-order valence-corrected chi connectivity index (χ4v) is 2.04. The molecule has 2 N–H and O–H groups in total. The van der Waals surface area contributed by atoms with Crippen LogP contribution in [0.15, 0.2) is 0 Å². The van der Waals surface area contributed by atoms with Gasteiger partial charge in [0.05, 0.1) is 6.10 Å². The number of nitrogens with two attached hydrogens (primary N) is 1. The molecule has 0 atom stereocenters. The lowest BCUT2D eigenvalue weighted by Crippen LogP contribution is -2.44. The van der Waals surface area contributed by atoms with Crippen molar-refractivity contribution in [3.8, 4) is 0 Å². The number of likely N-dealkylation sites (N-methyl/N-ethyl adjacent to an activating group) is 1. The predicted molar refractivity (Wildman–Crippen MR) is 57.4 cm³/mol. The van der Waals surface area contributed by atoms with Crippen LogP contribution < -0.4 is 5.73 Å². The number of hydrogen-bond acceptors (Lipinski definition) is 3. The summed E-state index contributed by atoms with van der Waals surface area (Å²) in [7, 11) is 0. The standard InChI is InChI=1S/C11H20N2O2/c1-2-13(9-3-4-9)11(14)7-15-10-5-8(12)6-10/h8-10H,2-7,12H2,1H3. The Labute approximate surface area is 90.8 Å². The maximum absolute atomic E-state index is 11.8. The van der Waals surface area contributed by atoms with E-state index in [0.29, 0.717) is 6.04 Å². The Morgan fingerprint density at radius 2 is 2.13 bits per heavy atom. The zero-order chi connectivity index (χ0) is 10.8. The van der Waals surface area contributed by atoms with Gasteiger partial charge in [-0.05, 0) is 32.6 Å². The smallest absolute Gasteiger partial charge is 0.248 e. The molecule has 4 nitrogen and oxygen atoms in total. The molecule has 2 aliphatic rings. The summed E-state index contributed by atoms with van der Waals surface area (Å²) < 4.78 is 5.50. The molecule has 0 spiro atoms. The fraction of sp³-hybridized carbons (Fsp3) is 0.909. The molecule has 0 aromatic carbocycles. The zero-order valence-corrected chi connectivity index (χ0v) is 9.32. The molecule has 0 aromatic rings. The minimum Gasteiger partial charge on any atom is -0.368 e. The summed E-state index contributed by atoms with van der Waals surface area (Å²) in [6.07, 6.45) is 4.36. The van der Waals surface area contributed by atoms with Gasteiger partial charge in [-0.15, -0.1) is 0 Å². The van der Waals surface area contributed by atoms with E-state index in [1.54, 1.807) is 0 Å². The minimum absolute atomic E-state index is 0.139. The van der Waals surface area contributed by atoms with Crippen molar-refractivity contribution in [2.45, 2.75) is 50.8 Å². The maximum atomic E-state index is 11.8. The average Bonchev–Trinajstić information content (AvgIpc) is 2.96. The second-order valence-electron chi connectivity index (χ2n) is 4.58. The third-order valence-electron chi connectivity index (χ3n) is 3.22. The first-order chi connectivity index (χ1) is 7.20. The summed E-state index contributed by atoms with van der Waals surface area (Å²) in [5.41, 5.74) is 5.64. The minimum atomic E-state index is 0.139. The summed E-state index contributed by atoms with van der Waals surface area (Å²) in [5.74, 6) is 0.139. The van der Waals surface area contributed by atoms with Crippen LogP contribution in [0.3, 0.4) is 0 Å². The Balaban J connectivity index is 1.67. The van der Waals surface area contributed by atoms with Gasteiger partial charge in [0.2, 0.25) is 5.91 Å². The number of ether oxygens (including phenoxy) is 1. The van der Waals surface area contributed by atoms with Gasteiger partial charge >= 0.3 is 0 Å². The predicted octanol–water partition coefficient (Wildman–Crippen LogP) is 0.504. The van der Waals surface area contributed by atoms with E-state index in [1.807, 2.05) is 11.8 Å². The summed E-state index contributed by atoms with van der Waals surface area (Å²) in [5, 5.41) is 0. The van der Waals surface area contributed by atoms with E-state index in [9.17, 15) is 4.79 Å². The van der Waals surface area contributed by atoms with Crippen molar-refractivity contribution in [3.63, 3.8) is 0 Å². The van der Waals surface area contributed by atoms with Crippen molar-refractivity contribution in [1.82, 2.24) is 4.90 Å². The van der Waals surface area contributed by atoms with Crippen LogP contribution in [-0.4, -0.2) is 42.1 Å². The lowest BCUT2D eigenvalue weighted by Gasteiger charge is -2.32. The number of amides is 1. The number of carbonyl (C=O) groups is 1. The molecule has 2 aliphatic carbocycles. The van der Waals surface area contributed by atoms with Gasteiger partial charge in [-0.25, -0.2) is 0 Å². The molecule has 0 aromatic heterocycles. The Kier molecular flexibility index (Phi) is 3.26. The molecule has 0 saturated heterocycles. The van der Waals surface area contributed by atoms with E-state index in [2.05, 4.69) is 0 Å². The number of carbonyl (C=O) groups excluding carboxylic acids is 1. The van der Waals surface area contributed by atoms with Crippen LogP contribution in [0.2, 0.25) is 0 Å². The molecule has 0 unspecified atom stereocenters. The molecule has 1 amide bonds. The van der Waals surface area contributed by atoms with Crippen LogP contribution in [0.4, 0.5) is 0 Å². The largest absolute Gasteiger partial charge is 0.368 e. The van der Waals surface area contributed by atoms with Gasteiger partial charge in [0.15, 0.2) is 0 Å². The lowest BCUT2D eigenvalue weighted by molar-refractivity contribution is -0.140. The third-order valence-corrected chi connectivity index (χ3v) is 3.22. The van der Waals surface area contributed by atoms with Crippen LogP contribution in [0.5, 0.6) is 0 Å². The Bertz CT molecular complexity index is 235. The second kappa shape index (κ2) is 4.49. The van der Waals surface area contributed by atoms with Gasteiger partial charge < -0.3 is 15.4 Å². The lowest BCUT2D eigenvalue weighted by atomic mass is 9.90. The highest BCUT2D eigenvalue weighted by molar-refractivity contribution is 5.78. The molecule has 0 radical (unpaired) electrons. The molecule has 2 rings (SSSR count). The highest BCUT2D eigenvalue weighted by Gasteiger charge is 2.32. The Hall–Kier alpha value is -0.610. The normalized spacial score (nSPS) is 29.7. The molecule has 0 bridgehead atoms. The fourth-order valence-electron chi connectivity index (χ4n) is 2.04. The van der Waals surface area contributed by atoms with Crippen molar-refractivity contribution in [2.75, 3.05) is 13.2 Å². The first-order valence-corrected chi connectivity index (χ1v) is 5.87. The van der Waals surface area contributed by atoms with E-state index in [4.69, 9.17) is 10.5 Å². The number of rotatable bonds is 5. The zero-order valence-electron chi connectivity index (χ0n) is 9.32. The first kappa shape index (κ1) is 10.9. The second-order valence-corrected chi connectivity index (χ2v) is 4.58. The van der Waals surface area contributed by atoms with E-state index in [0.717, 1.165) is 32.2 Å². The van der Waals surface area contributed by atoms with Gasteiger partial charge in [-0.1, -0.05) is 0 Å². The van der Waals surface area contributed by atoms with Gasteiger partial charge in [-0.2, -0.15) is 0 Å². The van der Waals surface area contributed by atoms with E-state index in [1.165, 1.54) is 0 Å². The molecule has 4 heteroatoms. The van der Waals surface area contributed by atoms with Crippen LogP contribution in [0, 0.1) is 0 Å². The molecule has 0 heterocycles. The average molecular weight is 212 g/mol. The SMILES string of the molecule is CCN(C(=O)COC1CC(N)C1)C1CC1.